The highest BCUT2D eigenvalue weighted by atomic mass is 16.7. The second-order valence-corrected chi connectivity index (χ2v) is 8.39. The van der Waals surface area contributed by atoms with Crippen LogP contribution in [0.3, 0.4) is 0 Å². The second kappa shape index (κ2) is 18.8. The molecule has 12 heteroatoms. The fourth-order valence-corrected chi connectivity index (χ4v) is 3.85. The predicted octanol–water partition coefficient (Wildman–Crippen LogP) is 4.91. The third kappa shape index (κ3) is 10.2. The molecule has 12 nitrogen and oxygen atoms in total. The summed E-state index contributed by atoms with van der Waals surface area (Å²) >= 11 is 0. The lowest BCUT2D eigenvalue weighted by Gasteiger charge is -2.17. The van der Waals surface area contributed by atoms with Gasteiger partial charge in [-0.05, 0) is 48.5 Å². The maximum atomic E-state index is 12.7. The lowest BCUT2D eigenvalue weighted by molar-refractivity contribution is -0.145. The summed E-state index contributed by atoms with van der Waals surface area (Å²) in [6.45, 7) is 6.13. The molecule has 0 aliphatic carbocycles. The molecule has 0 N–H and O–H groups in total. The fourth-order valence-electron chi connectivity index (χ4n) is 3.85. The molecular weight excluding hydrogens is 576 g/mol. The molecule has 0 aromatic heterocycles. The van der Waals surface area contributed by atoms with Gasteiger partial charge in [-0.2, -0.15) is 0 Å². The molecule has 2 aliphatic heterocycles. The Labute approximate surface area is 258 Å². The lowest BCUT2D eigenvalue weighted by atomic mass is 10.1. The van der Waals surface area contributed by atoms with E-state index in [0.717, 1.165) is 12.2 Å². The van der Waals surface area contributed by atoms with Crippen LogP contribution in [0.25, 0.3) is 0 Å². The molecule has 242 valence electrons. The summed E-state index contributed by atoms with van der Waals surface area (Å²) in [4.78, 5) is 47.4. The van der Waals surface area contributed by atoms with Gasteiger partial charge in [-0.25, -0.2) is 19.2 Å². The van der Waals surface area contributed by atoms with Crippen molar-refractivity contribution in [2.45, 2.75) is 54.1 Å². The highest BCUT2D eigenvalue weighted by Crippen LogP contribution is 2.31. The van der Waals surface area contributed by atoms with Gasteiger partial charge in [0.2, 0.25) is 13.6 Å². The van der Waals surface area contributed by atoms with Crippen LogP contribution in [0.2, 0.25) is 0 Å². The predicted molar refractivity (Wildman–Crippen MR) is 161 cm³/mol. The van der Waals surface area contributed by atoms with E-state index in [1.54, 1.807) is 0 Å². The Hall–Kier alpha value is -4.68. The number of esters is 4. The van der Waals surface area contributed by atoms with Crippen LogP contribution < -0.4 is 9.47 Å². The van der Waals surface area contributed by atoms with E-state index in [2.05, 4.69) is 13.2 Å². The Bertz CT molecular complexity index is 1140. The quantitative estimate of drug-likeness (QED) is 0.138. The Morgan fingerprint density at radius 1 is 0.636 bits per heavy atom. The fraction of sp³-hybridized carbons (Fsp3) is 0.375. The van der Waals surface area contributed by atoms with Crippen molar-refractivity contribution in [1.82, 2.24) is 0 Å². The zero-order chi connectivity index (χ0) is 28.5. The van der Waals surface area contributed by atoms with Crippen LogP contribution in [0.1, 0.15) is 50.4 Å². The minimum atomic E-state index is -0.693. The molecule has 2 fully saturated rings. The Morgan fingerprint density at radius 2 is 0.977 bits per heavy atom. The maximum absolute atomic E-state index is 12.7. The number of rotatable bonds is 12. The topological polar surface area (TPSA) is 142 Å². The largest absolute Gasteiger partial charge is 0.457 e. The van der Waals surface area contributed by atoms with Crippen molar-refractivity contribution in [3.63, 3.8) is 0 Å². The second-order valence-electron chi connectivity index (χ2n) is 8.39. The molecule has 0 bridgehead atoms. The molecular formula is C32H42O12. The first-order valence-electron chi connectivity index (χ1n) is 12.1. The summed E-state index contributed by atoms with van der Waals surface area (Å²) in [7, 11) is 0. The molecule has 2 aliphatic rings. The number of benzene rings is 2. The Morgan fingerprint density at radius 3 is 1.30 bits per heavy atom. The number of ether oxygens (including phenoxy) is 8. The molecule has 4 rings (SSSR count). The molecule has 2 aromatic rings. The highest BCUT2D eigenvalue weighted by Gasteiger charge is 2.51. The molecule has 0 saturated carbocycles. The zero-order valence-electron chi connectivity index (χ0n) is 21.2. The minimum Gasteiger partial charge on any atom is -0.457 e. The summed E-state index contributed by atoms with van der Waals surface area (Å²) in [6, 6.07) is 12.1. The number of hydrogen-bond donors (Lipinski definition) is 0. The number of fused-ring (bicyclic) bond motifs is 1. The lowest BCUT2D eigenvalue weighted by Crippen LogP contribution is -2.36. The van der Waals surface area contributed by atoms with Crippen molar-refractivity contribution in [2.24, 2.45) is 0 Å². The standard InChI is InChI=1S/C28H26O12.4CH4/c1-3-23(29)37-15-35-19-9-5-17(6-10-19)27(31)39-21-13-33-26-22(14-34-25(21)26)40-28(32)18-7-11-20(12-8-18)36-16-38-24(30)4-2;;;;/h3-12,21-22,25-26H,1-2,13-16H2;4*1H4/t21-,22+,25?,26?;;;;. The van der Waals surface area contributed by atoms with Crippen molar-refractivity contribution in [3.05, 3.63) is 85.0 Å². The number of carbonyl (C=O) groups is 4. The summed E-state index contributed by atoms with van der Waals surface area (Å²) in [5.74, 6) is -1.64. The van der Waals surface area contributed by atoms with Gasteiger partial charge in [0.15, 0.2) is 12.2 Å². The summed E-state index contributed by atoms with van der Waals surface area (Å²) in [6.07, 6.45) is -0.546. The first kappa shape index (κ1) is 39.3. The molecule has 4 atom stereocenters. The molecule has 2 heterocycles. The summed E-state index contributed by atoms with van der Waals surface area (Å²) in [5.41, 5.74) is 0.539. The Balaban J connectivity index is 0.00000462. The zero-order valence-corrected chi connectivity index (χ0v) is 21.2. The van der Waals surface area contributed by atoms with Gasteiger partial charge >= 0.3 is 23.9 Å². The van der Waals surface area contributed by atoms with E-state index >= 15 is 0 Å². The van der Waals surface area contributed by atoms with E-state index in [-0.39, 0.29) is 67.6 Å². The molecule has 0 amide bonds. The molecule has 44 heavy (non-hydrogen) atoms. The van der Waals surface area contributed by atoms with E-state index in [9.17, 15) is 19.2 Å². The summed E-state index contributed by atoms with van der Waals surface area (Å²) in [5, 5.41) is 0. The molecule has 2 aromatic carbocycles. The van der Waals surface area contributed by atoms with Crippen LogP contribution in [0, 0.1) is 0 Å². The van der Waals surface area contributed by atoms with Gasteiger partial charge < -0.3 is 37.9 Å². The van der Waals surface area contributed by atoms with Crippen molar-refractivity contribution >= 4 is 23.9 Å². The van der Waals surface area contributed by atoms with Gasteiger partial charge in [0.25, 0.3) is 0 Å². The maximum Gasteiger partial charge on any atom is 0.338 e. The van der Waals surface area contributed by atoms with Crippen LogP contribution in [-0.4, -0.2) is 75.1 Å². The van der Waals surface area contributed by atoms with E-state index < -0.39 is 48.3 Å². The minimum absolute atomic E-state index is 0. The average molecular weight is 619 g/mol. The van der Waals surface area contributed by atoms with Crippen molar-refractivity contribution in [3.8, 4) is 11.5 Å². The van der Waals surface area contributed by atoms with Crippen LogP contribution >= 0.6 is 0 Å². The average Bonchev–Trinajstić information content (AvgIpc) is 3.56. The van der Waals surface area contributed by atoms with Gasteiger partial charge in [-0.3, -0.25) is 0 Å². The smallest absolute Gasteiger partial charge is 0.338 e. The molecule has 2 unspecified atom stereocenters. The van der Waals surface area contributed by atoms with Crippen molar-refractivity contribution in [2.75, 3.05) is 26.8 Å². The van der Waals surface area contributed by atoms with Gasteiger partial charge in [0.1, 0.15) is 23.7 Å². The molecule has 2 saturated heterocycles. The van der Waals surface area contributed by atoms with Gasteiger partial charge in [0, 0.05) is 12.2 Å². The molecule has 0 spiro atoms. The highest BCUT2D eigenvalue weighted by molar-refractivity contribution is 5.90. The van der Waals surface area contributed by atoms with E-state index in [1.807, 2.05) is 0 Å². The Kier molecular flexibility index (Phi) is 16.8. The van der Waals surface area contributed by atoms with Crippen LogP contribution in [0.5, 0.6) is 11.5 Å². The van der Waals surface area contributed by atoms with Gasteiger partial charge in [-0.1, -0.05) is 42.9 Å². The van der Waals surface area contributed by atoms with Crippen LogP contribution in [0.15, 0.2) is 73.8 Å². The van der Waals surface area contributed by atoms with Gasteiger partial charge in [0.05, 0.1) is 24.3 Å². The van der Waals surface area contributed by atoms with Gasteiger partial charge in [-0.15, -0.1) is 0 Å². The number of carbonyl (C=O) groups excluding carboxylic acids is 4. The third-order valence-corrected chi connectivity index (χ3v) is 5.85. The van der Waals surface area contributed by atoms with E-state index in [4.69, 9.17) is 37.9 Å². The first-order chi connectivity index (χ1) is 19.4. The van der Waals surface area contributed by atoms with E-state index in [1.165, 1.54) is 48.5 Å². The van der Waals surface area contributed by atoms with Crippen LogP contribution in [0.4, 0.5) is 0 Å². The normalized spacial score (nSPS) is 19.0. The molecule has 0 radical (unpaired) electrons. The SMILES string of the molecule is C.C.C.C.C=CC(=O)OCOc1ccc(C(=O)O[C@H]2COC3C2OC[C@H]3OC(=O)c2ccc(OCOC(=O)C=C)cc2)cc1. The van der Waals surface area contributed by atoms with Crippen LogP contribution in [-0.2, 0) is 38.0 Å². The first-order valence-corrected chi connectivity index (χ1v) is 12.1. The van der Waals surface area contributed by atoms with Crippen molar-refractivity contribution < 1.29 is 57.1 Å². The third-order valence-electron chi connectivity index (χ3n) is 5.85. The number of hydrogen-bond acceptors (Lipinski definition) is 12. The monoisotopic (exact) mass is 618 g/mol. The summed E-state index contributed by atoms with van der Waals surface area (Å²) < 4.78 is 42.6. The van der Waals surface area contributed by atoms with E-state index in [0.29, 0.717) is 11.5 Å². The van der Waals surface area contributed by atoms with Crippen molar-refractivity contribution in [1.29, 1.82) is 0 Å².